The van der Waals surface area contributed by atoms with Gasteiger partial charge in [-0.2, -0.15) is 0 Å². The quantitative estimate of drug-likeness (QED) is 0.831. The number of nitrogens with zero attached hydrogens (tertiary/aromatic N) is 1. The molecule has 84 valence electrons. The Morgan fingerprint density at radius 3 is 2.93 bits per heavy atom. The maximum atomic E-state index is 4.80. The lowest BCUT2D eigenvalue weighted by molar-refractivity contribution is 0.411. The second kappa shape index (κ2) is 5.08. The van der Waals surface area contributed by atoms with Crippen molar-refractivity contribution in [1.82, 2.24) is 10.3 Å². The van der Waals surface area contributed by atoms with Gasteiger partial charge in [-0.05, 0) is 26.3 Å². The number of likely N-dealkylation sites (N-methyl/N-ethyl adjacent to an activating group) is 1. The summed E-state index contributed by atoms with van der Waals surface area (Å²) in [5.74, 6) is 1.39. The summed E-state index contributed by atoms with van der Waals surface area (Å²) in [6, 6.07) is 0. The van der Waals surface area contributed by atoms with E-state index in [2.05, 4.69) is 17.6 Å². The van der Waals surface area contributed by atoms with Crippen molar-refractivity contribution in [3.05, 3.63) is 16.1 Å². The molecule has 1 aliphatic rings. The summed E-state index contributed by atoms with van der Waals surface area (Å²) in [5.41, 5.74) is 1.36. The number of hydrogen-bond donors (Lipinski definition) is 1. The predicted molar refractivity (Wildman–Crippen MR) is 65.7 cm³/mol. The van der Waals surface area contributed by atoms with Crippen LogP contribution in [0, 0.1) is 0 Å². The maximum Gasteiger partial charge on any atom is 0.0971 e. The van der Waals surface area contributed by atoms with E-state index < -0.39 is 0 Å². The minimum Gasteiger partial charge on any atom is -0.319 e. The van der Waals surface area contributed by atoms with E-state index in [1.165, 1.54) is 36.4 Å². The third-order valence-electron chi connectivity index (χ3n) is 3.36. The van der Waals surface area contributed by atoms with Crippen molar-refractivity contribution in [3.63, 3.8) is 0 Å². The number of hydrogen-bond acceptors (Lipinski definition) is 3. The molecular formula is C12H20N2S. The van der Waals surface area contributed by atoms with Crippen molar-refractivity contribution < 1.29 is 0 Å². The Bertz CT molecular complexity index is 304. The van der Waals surface area contributed by atoms with Gasteiger partial charge in [-0.15, -0.1) is 11.3 Å². The minimum absolute atomic E-state index is 0.605. The van der Waals surface area contributed by atoms with Crippen LogP contribution in [0.2, 0.25) is 0 Å². The summed E-state index contributed by atoms with van der Waals surface area (Å²) in [5, 5.41) is 6.85. The van der Waals surface area contributed by atoms with Crippen molar-refractivity contribution >= 4 is 11.3 Å². The SMILES string of the molecule is CCC(CNC)c1nc(C2CCC2)cs1. The molecule has 0 aliphatic heterocycles. The molecule has 0 spiro atoms. The molecule has 1 saturated carbocycles. The van der Waals surface area contributed by atoms with Gasteiger partial charge in [0.2, 0.25) is 0 Å². The molecule has 1 aromatic rings. The summed E-state index contributed by atoms with van der Waals surface area (Å²) in [7, 11) is 2.02. The van der Waals surface area contributed by atoms with Gasteiger partial charge in [0.15, 0.2) is 0 Å². The zero-order valence-corrected chi connectivity index (χ0v) is 10.4. The highest BCUT2D eigenvalue weighted by Crippen LogP contribution is 2.37. The average molecular weight is 224 g/mol. The lowest BCUT2D eigenvalue weighted by Crippen LogP contribution is -2.17. The first kappa shape index (κ1) is 11.1. The van der Waals surface area contributed by atoms with Crippen LogP contribution in [0.25, 0.3) is 0 Å². The lowest BCUT2D eigenvalue weighted by atomic mass is 9.83. The minimum atomic E-state index is 0.605. The summed E-state index contributed by atoms with van der Waals surface area (Å²) in [4.78, 5) is 4.80. The predicted octanol–water partition coefficient (Wildman–Crippen LogP) is 3.12. The van der Waals surface area contributed by atoms with E-state index in [4.69, 9.17) is 4.98 Å². The van der Waals surface area contributed by atoms with Crippen LogP contribution in [0.5, 0.6) is 0 Å². The van der Waals surface area contributed by atoms with Gasteiger partial charge in [0.1, 0.15) is 0 Å². The molecule has 1 heterocycles. The van der Waals surface area contributed by atoms with Crippen molar-refractivity contribution in [2.24, 2.45) is 0 Å². The van der Waals surface area contributed by atoms with Crippen LogP contribution in [0.4, 0.5) is 0 Å². The van der Waals surface area contributed by atoms with E-state index in [1.54, 1.807) is 0 Å². The van der Waals surface area contributed by atoms with E-state index in [1.807, 2.05) is 18.4 Å². The molecule has 0 amide bonds. The Morgan fingerprint density at radius 1 is 1.60 bits per heavy atom. The second-order valence-electron chi connectivity index (χ2n) is 4.40. The zero-order valence-electron chi connectivity index (χ0n) is 9.62. The van der Waals surface area contributed by atoms with Crippen LogP contribution < -0.4 is 5.32 Å². The highest BCUT2D eigenvalue weighted by Gasteiger charge is 2.23. The molecule has 2 nitrogen and oxygen atoms in total. The molecular weight excluding hydrogens is 204 g/mol. The number of thiazole rings is 1. The van der Waals surface area contributed by atoms with Crippen LogP contribution in [0.15, 0.2) is 5.38 Å². The van der Waals surface area contributed by atoms with Gasteiger partial charge in [-0.3, -0.25) is 0 Å². The lowest BCUT2D eigenvalue weighted by Gasteiger charge is -2.23. The van der Waals surface area contributed by atoms with Crippen molar-refractivity contribution in [2.75, 3.05) is 13.6 Å². The summed E-state index contributed by atoms with van der Waals surface area (Å²) >= 11 is 1.85. The molecule has 0 radical (unpaired) electrons. The highest BCUT2D eigenvalue weighted by atomic mass is 32.1. The normalized spacial score (nSPS) is 18.8. The molecule has 3 heteroatoms. The molecule has 0 aromatic carbocycles. The number of rotatable bonds is 5. The maximum absolute atomic E-state index is 4.80. The Hall–Kier alpha value is -0.410. The first-order chi connectivity index (χ1) is 7.35. The van der Waals surface area contributed by atoms with E-state index in [0.29, 0.717) is 5.92 Å². The largest absolute Gasteiger partial charge is 0.319 e. The Kier molecular flexibility index (Phi) is 3.76. The summed E-state index contributed by atoms with van der Waals surface area (Å²) < 4.78 is 0. The first-order valence-corrected chi connectivity index (χ1v) is 6.83. The van der Waals surface area contributed by atoms with Crippen molar-refractivity contribution in [1.29, 1.82) is 0 Å². The number of nitrogens with one attached hydrogen (secondary N) is 1. The highest BCUT2D eigenvalue weighted by molar-refractivity contribution is 7.09. The summed E-state index contributed by atoms with van der Waals surface area (Å²) in [6.07, 6.45) is 5.28. The molecule has 1 N–H and O–H groups in total. The topological polar surface area (TPSA) is 24.9 Å². The first-order valence-electron chi connectivity index (χ1n) is 5.95. The van der Waals surface area contributed by atoms with Gasteiger partial charge in [0.25, 0.3) is 0 Å². The van der Waals surface area contributed by atoms with Gasteiger partial charge in [-0.1, -0.05) is 13.3 Å². The molecule has 1 unspecified atom stereocenters. The van der Waals surface area contributed by atoms with Crippen LogP contribution in [-0.2, 0) is 0 Å². The van der Waals surface area contributed by atoms with Crippen molar-refractivity contribution in [2.45, 2.75) is 44.4 Å². The Balaban J connectivity index is 2.03. The Morgan fingerprint density at radius 2 is 2.40 bits per heavy atom. The van der Waals surface area contributed by atoms with E-state index >= 15 is 0 Å². The molecule has 0 bridgehead atoms. The van der Waals surface area contributed by atoms with Crippen LogP contribution in [0.3, 0.4) is 0 Å². The molecule has 1 fully saturated rings. The standard InChI is InChI=1S/C12H20N2S/c1-3-9(7-13-2)12-14-11(8-15-12)10-5-4-6-10/h8-10,13H,3-7H2,1-2H3. The molecule has 1 aliphatic carbocycles. The number of aromatic nitrogens is 1. The van der Waals surface area contributed by atoms with E-state index in [-0.39, 0.29) is 0 Å². The fourth-order valence-corrected chi connectivity index (χ4v) is 3.12. The molecule has 1 atom stereocenters. The molecule has 15 heavy (non-hydrogen) atoms. The van der Waals surface area contributed by atoms with Gasteiger partial charge in [0.05, 0.1) is 10.7 Å². The zero-order chi connectivity index (χ0) is 10.7. The van der Waals surface area contributed by atoms with Gasteiger partial charge in [0, 0.05) is 23.8 Å². The average Bonchev–Trinajstić information content (AvgIpc) is 2.60. The third-order valence-corrected chi connectivity index (χ3v) is 4.38. The van der Waals surface area contributed by atoms with Gasteiger partial charge >= 0.3 is 0 Å². The fraction of sp³-hybridized carbons (Fsp3) is 0.750. The molecule has 2 rings (SSSR count). The van der Waals surface area contributed by atoms with Crippen LogP contribution in [0.1, 0.15) is 55.1 Å². The Labute approximate surface area is 96.1 Å². The molecule has 1 aromatic heterocycles. The monoisotopic (exact) mass is 224 g/mol. The van der Waals surface area contributed by atoms with Crippen molar-refractivity contribution in [3.8, 4) is 0 Å². The molecule has 0 saturated heterocycles. The van der Waals surface area contributed by atoms with E-state index in [9.17, 15) is 0 Å². The smallest absolute Gasteiger partial charge is 0.0971 e. The summed E-state index contributed by atoms with van der Waals surface area (Å²) in [6.45, 7) is 3.29. The van der Waals surface area contributed by atoms with Crippen LogP contribution >= 0.6 is 11.3 Å². The second-order valence-corrected chi connectivity index (χ2v) is 5.29. The third kappa shape index (κ3) is 2.40. The van der Waals surface area contributed by atoms with Gasteiger partial charge in [-0.25, -0.2) is 4.98 Å². The van der Waals surface area contributed by atoms with E-state index in [0.717, 1.165) is 12.5 Å². The van der Waals surface area contributed by atoms with Crippen LogP contribution in [-0.4, -0.2) is 18.6 Å². The van der Waals surface area contributed by atoms with Gasteiger partial charge < -0.3 is 5.32 Å². The fourth-order valence-electron chi connectivity index (χ4n) is 2.03.